The van der Waals surface area contributed by atoms with E-state index in [2.05, 4.69) is 45.2 Å². The van der Waals surface area contributed by atoms with Crippen molar-refractivity contribution in [2.75, 3.05) is 22.4 Å². The molecule has 0 radical (unpaired) electrons. The molecule has 4 heteroatoms. The van der Waals surface area contributed by atoms with Crippen molar-refractivity contribution in [2.24, 2.45) is 0 Å². The summed E-state index contributed by atoms with van der Waals surface area (Å²) >= 11 is 4.32. The molecule has 0 saturated carbocycles. The summed E-state index contributed by atoms with van der Waals surface area (Å²) in [5.41, 5.74) is 0. The van der Waals surface area contributed by atoms with E-state index in [4.69, 9.17) is 9.47 Å². The molecule has 0 heterocycles. The highest BCUT2D eigenvalue weighted by atomic mass is 127. The third kappa shape index (κ3) is 7.38. The van der Waals surface area contributed by atoms with Gasteiger partial charge in [-0.2, -0.15) is 0 Å². The summed E-state index contributed by atoms with van der Waals surface area (Å²) in [5.74, 6) is 0. The fourth-order valence-electron chi connectivity index (χ4n) is 0.227. The van der Waals surface area contributed by atoms with Gasteiger partial charge in [-0.15, -0.1) is 0 Å². The van der Waals surface area contributed by atoms with Gasteiger partial charge in [0.1, 0.15) is 0 Å². The Kier molecular flexibility index (Phi) is 9.83. The van der Waals surface area contributed by atoms with E-state index in [9.17, 15) is 0 Å². The fraction of sp³-hybridized carbons (Fsp3) is 1.00. The van der Waals surface area contributed by atoms with E-state index >= 15 is 0 Å². The second-order valence-electron chi connectivity index (χ2n) is 1.03. The standard InChI is InChI=1S/C4H8I2O2/c5-3-7-1-2-8-4-6/h1-4H2. The first-order chi connectivity index (χ1) is 3.91. The van der Waals surface area contributed by atoms with Crippen molar-refractivity contribution in [1.29, 1.82) is 0 Å². The van der Waals surface area contributed by atoms with Gasteiger partial charge in [0, 0.05) is 0 Å². The third-order valence-corrected chi connectivity index (χ3v) is 1.41. The van der Waals surface area contributed by atoms with Crippen LogP contribution in [0.15, 0.2) is 0 Å². The normalized spacial score (nSPS) is 9.75. The second-order valence-corrected chi connectivity index (χ2v) is 2.28. The highest BCUT2D eigenvalue weighted by molar-refractivity contribution is 14.1. The van der Waals surface area contributed by atoms with Crippen LogP contribution < -0.4 is 0 Å². The Hall–Kier alpha value is 1.38. The summed E-state index contributed by atoms with van der Waals surface area (Å²) in [7, 11) is 0. The summed E-state index contributed by atoms with van der Waals surface area (Å²) < 4.78 is 11.5. The van der Waals surface area contributed by atoms with Crippen molar-refractivity contribution < 1.29 is 9.47 Å². The molecule has 0 unspecified atom stereocenters. The van der Waals surface area contributed by atoms with Gasteiger partial charge in [-0.05, 0) is 0 Å². The van der Waals surface area contributed by atoms with Crippen molar-refractivity contribution in [1.82, 2.24) is 0 Å². The quantitative estimate of drug-likeness (QED) is 0.431. The lowest BCUT2D eigenvalue weighted by molar-refractivity contribution is 0.0957. The van der Waals surface area contributed by atoms with E-state index in [0.717, 1.165) is 9.23 Å². The van der Waals surface area contributed by atoms with Crippen LogP contribution >= 0.6 is 45.2 Å². The predicted octanol–water partition coefficient (Wildman–Crippen LogP) is 1.80. The van der Waals surface area contributed by atoms with Crippen LogP contribution in [-0.2, 0) is 9.47 Å². The lowest BCUT2D eigenvalue weighted by atomic mass is 10.8. The van der Waals surface area contributed by atoms with Gasteiger partial charge >= 0.3 is 0 Å². The SMILES string of the molecule is ICOCCOCI. The van der Waals surface area contributed by atoms with Crippen LogP contribution in [-0.4, -0.2) is 22.4 Å². The first-order valence-electron chi connectivity index (χ1n) is 2.19. The van der Waals surface area contributed by atoms with Crippen molar-refractivity contribution in [3.63, 3.8) is 0 Å². The minimum Gasteiger partial charge on any atom is -0.369 e. The Labute approximate surface area is 76.6 Å². The summed E-state index contributed by atoms with van der Waals surface area (Å²) in [6.07, 6.45) is 0. The van der Waals surface area contributed by atoms with Gasteiger partial charge in [0.05, 0.1) is 22.4 Å². The molecule has 2 nitrogen and oxygen atoms in total. The van der Waals surface area contributed by atoms with Gasteiger partial charge < -0.3 is 9.47 Å². The van der Waals surface area contributed by atoms with Crippen molar-refractivity contribution >= 4 is 45.2 Å². The Morgan fingerprint density at radius 3 is 1.50 bits per heavy atom. The zero-order valence-corrected chi connectivity index (χ0v) is 8.72. The minimum atomic E-state index is 0.714. The largest absolute Gasteiger partial charge is 0.369 e. The van der Waals surface area contributed by atoms with Crippen molar-refractivity contribution in [3.05, 3.63) is 0 Å². The highest BCUT2D eigenvalue weighted by Crippen LogP contribution is 1.86. The molecule has 0 spiro atoms. The minimum absolute atomic E-state index is 0.714. The molecular formula is C4H8I2O2. The number of ether oxygens (including phenoxy) is 2. The summed E-state index contributed by atoms with van der Waals surface area (Å²) in [6, 6.07) is 0. The first kappa shape index (κ1) is 9.38. The molecule has 0 aromatic rings. The van der Waals surface area contributed by atoms with Gasteiger partial charge in [0.15, 0.2) is 0 Å². The van der Waals surface area contributed by atoms with Gasteiger partial charge in [-0.25, -0.2) is 0 Å². The molecule has 0 aromatic heterocycles. The van der Waals surface area contributed by atoms with Gasteiger partial charge in [-0.3, -0.25) is 0 Å². The summed E-state index contributed by atoms with van der Waals surface area (Å²) in [6.45, 7) is 1.43. The van der Waals surface area contributed by atoms with E-state index < -0.39 is 0 Å². The molecule has 0 amide bonds. The molecular weight excluding hydrogens is 334 g/mol. The number of halogens is 2. The number of hydrogen-bond donors (Lipinski definition) is 0. The Balaban J connectivity index is 2.53. The van der Waals surface area contributed by atoms with E-state index in [-0.39, 0.29) is 0 Å². The van der Waals surface area contributed by atoms with Crippen molar-refractivity contribution in [2.45, 2.75) is 0 Å². The Morgan fingerprint density at radius 2 is 1.25 bits per heavy atom. The maximum Gasteiger partial charge on any atom is 0.0980 e. The molecule has 0 aromatic carbocycles. The molecule has 0 saturated heterocycles. The molecule has 0 bridgehead atoms. The number of hydrogen-bond acceptors (Lipinski definition) is 2. The Morgan fingerprint density at radius 1 is 0.875 bits per heavy atom. The lowest BCUT2D eigenvalue weighted by Crippen LogP contribution is -2.00. The average molecular weight is 342 g/mol. The van der Waals surface area contributed by atoms with Crippen LogP contribution in [0.1, 0.15) is 0 Å². The first-order valence-corrected chi connectivity index (χ1v) is 5.24. The van der Waals surface area contributed by atoms with Crippen LogP contribution in [0.4, 0.5) is 0 Å². The molecule has 0 rings (SSSR count). The monoisotopic (exact) mass is 342 g/mol. The van der Waals surface area contributed by atoms with Crippen LogP contribution in [0.3, 0.4) is 0 Å². The van der Waals surface area contributed by atoms with Crippen LogP contribution in [0.2, 0.25) is 0 Å². The number of rotatable bonds is 5. The average Bonchev–Trinajstić information content (AvgIpc) is 1.81. The van der Waals surface area contributed by atoms with E-state index in [1.54, 1.807) is 0 Å². The summed E-state index contributed by atoms with van der Waals surface area (Å²) in [4.78, 5) is 0. The molecule has 0 aliphatic rings. The lowest BCUT2D eigenvalue weighted by Gasteiger charge is -1.97. The molecule has 0 fully saturated rings. The van der Waals surface area contributed by atoms with E-state index in [0.29, 0.717) is 13.2 Å². The third-order valence-electron chi connectivity index (χ3n) is 0.526. The molecule has 0 N–H and O–H groups in total. The van der Waals surface area contributed by atoms with Gasteiger partial charge in [-0.1, -0.05) is 45.2 Å². The van der Waals surface area contributed by atoms with Crippen molar-refractivity contribution in [3.8, 4) is 0 Å². The second kappa shape index (κ2) is 8.38. The molecule has 0 aliphatic carbocycles. The van der Waals surface area contributed by atoms with Crippen LogP contribution in [0.25, 0.3) is 0 Å². The van der Waals surface area contributed by atoms with E-state index in [1.165, 1.54) is 0 Å². The van der Waals surface area contributed by atoms with Crippen LogP contribution in [0, 0.1) is 0 Å². The Bertz CT molecular complexity index is 37.0. The summed E-state index contributed by atoms with van der Waals surface area (Å²) in [5, 5.41) is 0. The maximum absolute atomic E-state index is 4.99. The fourth-order valence-corrected chi connectivity index (χ4v) is 0.850. The maximum atomic E-state index is 4.99. The highest BCUT2D eigenvalue weighted by Gasteiger charge is 1.82. The van der Waals surface area contributed by atoms with Gasteiger partial charge in [0.2, 0.25) is 0 Å². The molecule has 0 atom stereocenters. The molecule has 0 aliphatic heterocycles. The zero-order chi connectivity index (χ0) is 6.24. The molecule has 50 valence electrons. The smallest absolute Gasteiger partial charge is 0.0980 e. The molecule has 8 heavy (non-hydrogen) atoms. The van der Waals surface area contributed by atoms with Gasteiger partial charge in [0.25, 0.3) is 0 Å². The predicted molar refractivity (Wildman–Crippen MR) is 49.7 cm³/mol. The van der Waals surface area contributed by atoms with Crippen LogP contribution in [0.5, 0.6) is 0 Å². The topological polar surface area (TPSA) is 18.5 Å². The zero-order valence-electron chi connectivity index (χ0n) is 4.40. The van der Waals surface area contributed by atoms with E-state index in [1.807, 2.05) is 0 Å². The number of alkyl halides is 2.